The number of rotatable bonds is 7. The van der Waals surface area contributed by atoms with Gasteiger partial charge in [-0.1, -0.05) is 30.3 Å². The predicted octanol–water partition coefficient (Wildman–Crippen LogP) is 4.18. The minimum absolute atomic E-state index is 0.511. The summed E-state index contributed by atoms with van der Waals surface area (Å²) in [4.78, 5) is 11.3. The van der Waals surface area contributed by atoms with Crippen LogP contribution in [0.2, 0.25) is 0 Å². The van der Waals surface area contributed by atoms with Crippen LogP contribution in [0.25, 0.3) is 0 Å². The van der Waals surface area contributed by atoms with Crippen LogP contribution in [0.1, 0.15) is 11.3 Å². The van der Waals surface area contributed by atoms with Crippen LogP contribution < -0.4 is 19.7 Å². The lowest BCUT2D eigenvalue weighted by molar-refractivity contribution is 0.405. The van der Waals surface area contributed by atoms with Gasteiger partial charge in [-0.3, -0.25) is 0 Å². The number of anilines is 3. The molecule has 6 nitrogen and oxygen atoms in total. The van der Waals surface area contributed by atoms with Gasteiger partial charge in [0.15, 0.2) is 0 Å². The van der Waals surface area contributed by atoms with Gasteiger partial charge in [-0.25, -0.2) is 4.98 Å². The molecule has 0 saturated heterocycles. The first kappa shape index (κ1) is 18.5. The molecule has 3 aromatic rings. The number of hydrogen-bond acceptors (Lipinski definition) is 6. The molecule has 27 heavy (non-hydrogen) atoms. The van der Waals surface area contributed by atoms with Crippen LogP contribution >= 0.6 is 0 Å². The van der Waals surface area contributed by atoms with Gasteiger partial charge in [-0.15, -0.1) is 0 Å². The van der Waals surface area contributed by atoms with E-state index >= 15 is 0 Å². The average Bonchev–Trinajstić information content (AvgIpc) is 2.68. The van der Waals surface area contributed by atoms with E-state index in [-0.39, 0.29) is 0 Å². The largest absolute Gasteiger partial charge is 0.497 e. The van der Waals surface area contributed by atoms with Crippen LogP contribution in [0, 0.1) is 6.92 Å². The molecular formula is C21H24N4O2. The molecule has 6 heteroatoms. The Morgan fingerprint density at radius 3 is 2.44 bits per heavy atom. The molecule has 0 spiro atoms. The van der Waals surface area contributed by atoms with Crippen molar-refractivity contribution in [3.8, 4) is 11.5 Å². The topological polar surface area (TPSA) is 59.5 Å². The molecule has 3 rings (SSSR count). The van der Waals surface area contributed by atoms with Crippen LogP contribution in [0.5, 0.6) is 11.5 Å². The third-order valence-corrected chi connectivity index (χ3v) is 4.15. The van der Waals surface area contributed by atoms with Crippen LogP contribution in [-0.4, -0.2) is 31.2 Å². The number of aromatic nitrogens is 2. The molecule has 0 radical (unpaired) electrons. The van der Waals surface area contributed by atoms with E-state index in [1.165, 1.54) is 5.56 Å². The van der Waals surface area contributed by atoms with Crippen molar-refractivity contribution in [1.29, 1.82) is 0 Å². The maximum atomic E-state index is 5.42. The highest BCUT2D eigenvalue weighted by Crippen LogP contribution is 2.31. The standard InChI is InChI=1S/C21H24N4O2/c1-15-12-20(25(2)14-16-8-6-5-7-9-16)24-21(22-15)23-18-13-17(26-3)10-11-19(18)27-4/h5-13H,14H2,1-4H3,(H,22,23,24). The van der Waals surface area contributed by atoms with Gasteiger partial charge in [0, 0.05) is 31.4 Å². The summed E-state index contributed by atoms with van der Waals surface area (Å²) in [6, 6.07) is 17.8. The van der Waals surface area contributed by atoms with Gasteiger partial charge in [0.1, 0.15) is 17.3 Å². The summed E-state index contributed by atoms with van der Waals surface area (Å²) >= 11 is 0. The fourth-order valence-corrected chi connectivity index (χ4v) is 2.77. The van der Waals surface area contributed by atoms with Gasteiger partial charge < -0.3 is 19.7 Å². The Morgan fingerprint density at radius 1 is 0.963 bits per heavy atom. The fraction of sp³-hybridized carbons (Fsp3) is 0.238. The first-order chi connectivity index (χ1) is 13.1. The third-order valence-electron chi connectivity index (χ3n) is 4.15. The highest BCUT2D eigenvalue weighted by molar-refractivity contribution is 5.65. The number of nitrogens with zero attached hydrogens (tertiary/aromatic N) is 3. The normalized spacial score (nSPS) is 10.4. The van der Waals surface area contributed by atoms with Crippen LogP contribution in [0.3, 0.4) is 0 Å². The Labute approximate surface area is 159 Å². The summed E-state index contributed by atoms with van der Waals surface area (Å²) in [6.45, 7) is 2.72. The van der Waals surface area contributed by atoms with Crippen molar-refractivity contribution < 1.29 is 9.47 Å². The second kappa shape index (κ2) is 8.40. The lowest BCUT2D eigenvalue weighted by Crippen LogP contribution is -2.18. The minimum atomic E-state index is 0.511. The maximum absolute atomic E-state index is 5.42. The number of ether oxygens (including phenoxy) is 2. The van der Waals surface area contributed by atoms with E-state index in [1.54, 1.807) is 14.2 Å². The van der Waals surface area contributed by atoms with Gasteiger partial charge in [-0.2, -0.15) is 4.98 Å². The van der Waals surface area contributed by atoms with E-state index in [9.17, 15) is 0 Å². The van der Waals surface area contributed by atoms with Gasteiger partial charge in [0.25, 0.3) is 0 Å². The molecule has 0 aliphatic rings. The van der Waals surface area contributed by atoms with Crippen molar-refractivity contribution in [2.24, 2.45) is 0 Å². The molecule has 1 aromatic heterocycles. The van der Waals surface area contributed by atoms with Gasteiger partial charge in [0.2, 0.25) is 5.95 Å². The van der Waals surface area contributed by atoms with E-state index in [0.717, 1.165) is 29.5 Å². The summed E-state index contributed by atoms with van der Waals surface area (Å²) in [5.41, 5.74) is 2.85. The van der Waals surface area contributed by atoms with Gasteiger partial charge in [0.05, 0.1) is 19.9 Å². The number of hydrogen-bond donors (Lipinski definition) is 1. The molecule has 0 unspecified atom stereocenters. The van der Waals surface area contributed by atoms with Crippen LogP contribution in [-0.2, 0) is 6.54 Å². The third kappa shape index (κ3) is 4.67. The van der Waals surface area contributed by atoms with E-state index < -0.39 is 0 Å². The first-order valence-corrected chi connectivity index (χ1v) is 8.69. The van der Waals surface area contributed by atoms with E-state index in [0.29, 0.717) is 11.7 Å². The van der Waals surface area contributed by atoms with E-state index in [1.807, 2.05) is 56.4 Å². The highest BCUT2D eigenvalue weighted by atomic mass is 16.5. The van der Waals surface area contributed by atoms with Gasteiger partial charge in [-0.05, 0) is 24.6 Å². The molecular weight excluding hydrogens is 340 g/mol. The summed E-state index contributed by atoms with van der Waals surface area (Å²) in [5.74, 6) is 2.78. The molecule has 0 aliphatic carbocycles. The first-order valence-electron chi connectivity index (χ1n) is 8.69. The zero-order valence-corrected chi connectivity index (χ0v) is 16.1. The van der Waals surface area contributed by atoms with Crippen molar-refractivity contribution in [2.45, 2.75) is 13.5 Å². The van der Waals surface area contributed by atoms with Gasteiger partial charge >= 0.3 is 0 Å². The second-order valence-corrected chi connectivity index (χ2v) is 6.22. The summed E-state index contributed by atoms with van der Waals surface area (Å²) in [5, 5.41) is 3.24. The zero-order valence-electron chi connectivity index (χ0n) is 16.1. The molecule has 0 aliphatic heterocycles. The number of methoxy groups -OCH3 is 2. The Morgan fingerprint density at radius 2 is 1.74 bits per heavy atom. The maximum Gasteiger partial charge on any atom is 0.229 e. The predicted molar refractivity (Wildman–Crippen MR) is 108 cm³/mol. The second-order valence-electron chi connectivity index (χ2n) is 6.22. The fourth-order valence-electron chi connectivity index (χ4n) is 2.77. The Hall–Kier alpha value is -3.28. The molecule has 140 valence electrons. The number of benzene rings is 2. The monoisotopic (exact) mass is 364 g/mol. The van der Waals surface area contributed by atoms with Crippen molar-refractivity contribution in [1.82, 2.24) is 9.97 Å². The number of nitrogens with one attached hydrogen (secondary N) is 1. The quantitative estimate of drug-likeness (QED) is 0.679. The van der Waals surface area contributed by atoms with Crippen molar-refractivity contribution in [2.75, 3.05) is 31.5 Å². The van der Waals surface area contributed by atoms with Crippen molar-refractivity contribution in [3.05, 3.63) is 65.9 Å². The van der Waals surface area contributed by atoms with Crippen molar-refractivity contribution in [3.63, 3.8) is 0 Å². The molecule has 0 saturated carbocycles. The summed E-state index contributed by atoms with van der Waals surface area (Å²) < 4.78 is 10.7. The smallest absolute Gasteiger partial charge is 0.229 e. The number of aryl methyl sites for hydroxylation is 1. The van der Waals surface area contributed by atoms with E-state index in [4.69, 9.17) is 9.47 Å². The lowest BCUT2D eigenvalue weighted by Gasteiger charge is -2.20. The summed E-state index contributed by atoms with van der Waals surface area (Å²) in [7, 11) is 5.28. The Bertz CT molecular complexity index is 900. The van der Waals surface area contributed by atoms with Crippen LogP contribution in [0.4, 0.5) is 17.5 Å². The highest BCUT2D eigenvalue weighted by Gasteiger charge is 2.11. The van der Waals surface area contributed by atoms with E-state index in [2.05, 4.69) is 32.3 Å². The Balaban J connectivity index is 1.85. The van der Waals surface area contributed by atoms with Crippen LogP contribution in [0.15, 0.2) is 54.6 Å². The molecule has 0 amide bonds. The molecule has 2 aromatic carbocycles. The molecule has 0 fully saturated rings. The molecule has 1 N–H and O–H groups in total. The molecule has 0 atom stereocenters. The Kier molecular flexibility index (Phi) is 5.76. The van der Waals surface area contributed by atoms with Crippen molar-refractivity contribution >= 4 is 17.5 Å². The SMILES string of the molecule is COc1ccc(OC)c(Nc2nc(C)cc(N(C)Cc3ccccc3)n2)c1. The lowest BCUT2D eigenvalue weighted by atomic mass is 10.2. The zero-order chi connectivity index (χ0) is 19.2. The average molecular weight is 364 g/mol. The molecule has 0 bridgehead atoms. The minimum Gasteiger partial charge on any atom is -0.497 e. The molecule has 1 heterocycles. The summed E-state index contributed by atoms with van der Waals surface area (Å²) in [6.07, 6.45) is 0.